The summed E-state index contributed by atoms with van der Waals surface area (Å²) in [4.78, 5) is 29.1. The van der Waals surface area contributed by atoms with Crippen molar-refractivity contribution >= 4 is 33.4 Å². The zero-order valence-electron chi connectivity index (χ0n) is 19.9. The first-order valence-electron chi connectivity index (χ1n) is 11.9. The summed E-state index contributed by atoms with van der Waals surface area (Å²) in [5.41, 5.74) is 2.44. The van der Waals surface area contributed by atoms with Crippen LogP contribution in [-0.2, 0) is 17.9 Å². The van der Waals surface area contributed by atoms with Gasteiger partial charge in [-0.1, -0.05) is 31.9 Å². The van der Waals surface area contributed by atoms with E-state index in [9.17, 15) is 9.59 Å². The number of ether oxygens (including phenoxy) is 2. The van der Waals surface area contributed by atoms with Gasteiger partial charge in [-0.3, -0.25) is 9.59 Å². The topological polar surface area (TPSA) is 72.8 Å². The van der Waals surface area contributed by atoms with Gasteiger partial charge in [-0.2, -0.15) is 0 Å². The van der Waals surface area contributed by atoms with E-state index >= 15 is 0 Å². The van der Waals surface area contributed by atoms with Gasteiger partial charge in [0.1, 0.15) is 11.7 Å². The van der Waals surface area contributed by atoms with Crippen LogP contribution in [0.3, 0.4) is 0 Å². The van der Waals surface area contributed by atoms with Crippen LogP contribution in [0.15, 0.2) is 35.7 Å². The standard InChI is InChI=1S/C26H31N3O4S/c1-16-7-4-5-9-18(16)27-25(30)21-15-28-19-11-12-34-23(19)13-20(28)26(31)29(21)14-17-8-6-10-22(32-2)24(17)33-3/h6,8,10-13,16,18,21H,4-5,7,9,14-15H2,1-3H3,(H,27,30). The molecule has 180 valence electrons. The minimum Gasteiger partial charge on any atom is -0.493 e. The fraction of sp³-hybridized carbons (Fsp3) is 0.462. The van der Waals surface area contributed by atoms with Gasteiger partial charge in [0.2, 0.25) is 5.91 Å². The zero-order valence-corrected chi connectivity index (χ0v) is 20.7. The van der Waals surface area contributed by atoms with E-state index in [1.54, 1.807) is 30.5 Å². The number of aromatic nitrogens is 1. The Kier molecular flexibility index (Phi) is 6.25. The molecule has 1 N–H and O–H groups in total. The van der Waals surface area contributed by atoms with Gasteiger partial charge in [-0.25, -0.2) is 0 Å². The van der Waals surface area contributed by atoms with E-state index in [4.69, 9.17) is 9.47 Å². The minimum atomic E-state index is -0.611. The molecule has 0 saturated heterocycles. The summed E-state index contributed by atoms with van der Waals surface area (Å²) in [6.45, 7) is 2.89. The molecule has 1 saturated carbocycles. The number of rotatable bonds is 6. The van der Waals surface area contributed by atoms with Crippen molar-refractivity contribution in [3.63, 3.8) is 0 Å². The molecule has 0 spiro atoms. The van der Waals surface area contributed by atoms with Gasteiger partial charge >= 0.3 is 0 Å². The van der Waals surface area contributed by atoms with Crippen molar-refractivity contribution in [2.24, 2.45) is 5.92 Å². The second-order valence-corrected chi connectivity index (χ2v) is 10.2. The first-order chi connectivity index (χ1) is 16.5. The summed E-state index contributed by atoms with van der Waals surface area (Å²) in [6.07, 6.45) is 4.44. The summed E-state index contributed by atoms with van der Waals surface area (Å²) in [7, 11) is 3.18. The van der Waals surface area contributed by atoms with Crippen LogP contribution >= 0.6 is 11.3 Å². The Morgan fingerprint density at radius 1 is 1.18 bits per heavy atom. The molecule has 1 fully saturated rings. The number of nitrogens with one attached hydrogen (secondary N) is 1. The normalized spacial score (nSPS) is 22.5. The van der Waals surface area contributed by atoms with Gasteiger partial charge in [-0.05, 0) is 42.3 Å². The average Bonchev–Trinajstić information content (AvgIpc) is 3.44. The molecular formula is C26H31N3O4S. The van der Waals surface area contributed by atoms with Crippen LogP contribution in [-0.4, -0.2) is 47.6 Å². The number of hydrogen-bond donors (Lipinski definition) is 1. The molecular weight excluding hydrogens is 450 g/mol. The molecule has 3 atom stereocenters. The summed E-state index contributed by atoms with van der Waals surface area (Å²) < 4.78 is 14.1. The van der Waals surface area contributed by atoms with Gasteiger partial charge in [0.25, 0.3) is 5.91 Å². The Morgan fingerprint density at radius 2 is 2.00 bits per heavy atom. The van der Waals surface area contributed by atoms with E-state index in [0.29, 0.717) is 29.7 Å². The number of para-hydroxylation sites is 1. The Bertz CT molecular complexity index is 1220. The molecule has 0 bridgehead atoms. The number of carbonyl (C=O) groups excluding carboxylic acids is 2. The van der Waals surface area contributed by atoms with Crippen LogP contribution in [0.5, 0.6) is 11.5 Å². The van der Waals surface area contributed by atoms with E-state index in [1.165, 1.54) is 6.42 Å². The summed E-state index contributed by atoms with van der Waals surface area (Å²) >= 11 is 1.61. The Morgan fingerprint density at radius 3 is 2.76 bits per heavy atom. The van der Waals surface area contributed by atoms with Gasteiger partial charge in [0, 0.05) is 11.6 Å². The quantitative estimate of drug-likeness (QED) is 0.565. The molecule has 8 heteroatoms. The fourth-order valence-corrected chi connectivity index (χ4v) is 6.21. The molecule has 5 rings (SSSR count). The van der Waals surface area contributed by atoms with Crippen LogP contribution in [0, 0.1) is 5.92 Å². The van der Waals surface area contributed by atoms with E-state index < -0.39 is 6.04 Å². The highest BCUT2D eigenvalue weighted by Gasteiger charge is 2.39. The van der Waals surface area contributed by atoms with Crippen molar-refractivity contribution in [1.82, 2.24) is 14.8 Å². The summed E-state index contributed by atoms with van der Waals surface area (Å²) in [5, 5.41) is 5.31. The second-order valence-electron chi connectivity index (χ2n) is 9.29. The van der Waals surface area contributed by atoms with Gasteiger partial charge < -0.3 is 24.3 Å². The monoisotopic (exact) mass is 481 g/mol. The molecule has 3 aromatic rings. The third kappa shape index (κ3) is 3.94. The third-order valence-corrected chi connectivity index (χ3v) is 8.15. The first-order valence-corrected chi connectivity index (χ1v) is 12.8. The lowest BCUT2D eigenvalue weighted by Crippen LogP contribution is -2.57. The maximum atomic E-state index is 13.8. The Labute approximate surface area is 203 Å². The van der Waals surface area contributed by atoms with Crippen molar-refractivity contribution in [2.75, 3.05) is 14.2 Å². The van der Waals surface area contributed by atoms with Gasteiger partial charge in [0.05, 0.1) is 37.5 Å². The summed E-state index contributed by atoms with van der Waals surface area (Å²) in [6, 6.07) is 9.12. The van der Waals surface area contributed by atoms with Crippen molar-refractivity contribution in [3.05, 3.63) is 47.0 Å². The zero-order chi connectivity index (χ0) is 23.8. The lowest BCUT2D eigenvalue weighted by atomic mass is 9.86. The molecule has 3 unspecified atom stereocenters. The van der Waals surface area contributed by atoms with Gasteiger partial charge in [-0.15, -0.1) is 11.3 Å². The third-order valence-electron chi connectivity index (χ3n) is 7.30. The minimum absolute atomic E-state index is 0.0864. The van der Waals surface area contributed by atoms with Crippen LogP contribution < -0.4 is 14.8 Å². The highest BCUT2D eigenvalue weighted by molar-refractivity contribution is 7.17. The molecule has 3 heterocycles. The second kappa shape index (κ2) is 9.33. The largest absolute Gasteiger partial charge is 0.493 e. The number of fused-ring (bicyclic) bond motifs is 3. The van der Waals surface area contributed by atoms with Crippen molar-refractivity contribution in [3.8, 4) is 11.5 Å². The molecule has 2 aromatic heterocycles. The maximum absolute atomic E-state index is 13.8. The SMILES string of the molecule is COc1cccc(CN2C(=O)c3cc4sccc4n3CC2C(=O)NC2CCCCC2C)c1OC. The number of methoxy groups -OCH3 is 2. The number of amides is 2. The highest BCUT2D eigenvalue weighted by atomic mass is 32.1. The van der Waals surface area contributed by atoms with E-state index in [-0.39, 0.29) is 24.4 Å². The molecule has 1 aromatic carbocycles. The number of hydrogen-bond acceptors (Lipinski definition) is 5. The highest BCUT2D eigenvalue weighted by Crippen LogP contribution is 2.35. The smallest absolute Gasteiger partial charge is 0.271 e. The number of carbonyl (C=O) groups is 2. The van der Waals surface area contributed by atoms with E-state index in [1.807, 2.05) is 40.3 Å². The van der Waals surface area contributed by atoms with Crippen molar-refractivity contribution in [2.45, 2.75) is 57.8 Å². The van der Waals surface area contributed by atoms with Crippen molar-refractivity contribution < 1.29 is 19.1 Å². The molecule has 1 aliphatic heterocycles. The van der Waals surface area contributed by atoms with Crippen LogP contribution in [0.2, 0.25) is 0 Å². The van der Waals surface area contributed by atoms with E-state index in [2.05, 4.69) is 12.2 Å². The predicted molar refractivity (Wildman–Crippen MR) is 133 cm³/mol. The number of nitrogens with zero attached hydrogens (tertiary/aromatic N) is 2. The molecule has 2 amide bonds. The Hall–Kier alpha value is -3.00. The average molecular weight is 482 g/mol. The Balaban J connectivity index is 1.51. The summed E-state index contributed by atoms with van der Waals surface area (Å²) in [5.74, 6) is 1.40. The first kappa shape index (κ1) is 22.8. The molecule has 2 aliphatic rings. The lowest BCUT2D eigenvalue weighted by Gasteiger charge is -2.38. The van der Waals surface area contributed by atoms with Crippen LogP contribution in [0.25, 0.3) is 10.2 Å². The van der Waals surface area contributed by atoms with Crippen molar-refractivity contribution in [1.29, 1.82) is 0 Å². The molecule has 1 aliphatic carbocycles. The van der Waals surface area contributed by atoms with Gasteiger partial charge in [0.15, 0.2) is 11.5 Å². The molecule has 7 nitrogen and oxygen atoms in total. The maximum Gasteiger partial charge on any atom is 0.271 e. The molecule has 0 radical (unpaired) electrons. The molecule has 34 heavy (non-hydrogen) atoms. The van der Waals surface area contributed by atoms with E-state index in [0.717, 1.165) is 35.0 Å². The lowest BCUT2D eigenvalue weighted by molar-refractivity contribution is -0.128. The fourth-order valence-electron chi connectivity index (χ4n) is 5.39. The number of thiophene rings is 1. The van der Waals surface area contributed by atoms with Crippen LogP contribution in [0.4, 0.5) is 0 Å². The van der Waals surface area contributed by atoms with Crippen LogP contribution in [0.1, 0.15) is 48.7 Å². The number of benzene rings is 1. The predicted octanol–water partition coefficient (Wildman–Crippen LogP) is 4.44.